The molecule has 2 aromatic rings. The second-order valence-corrected chi connectivity index (χ2v) is 8.69. The van der Waals surface area contributed by atoms with Crippen LogP contribution in [0.25, 0.3) is 16.5 Å². The third-order valence-electron chi connectivity index (χ3n) is 4.96. The topological polar surface area (TPSA) is 123 Å². The molecule has 1 aliphatic heterocycles. The summed E-state index contributed by atoms with van der Waals surface area (Å²) < 4.78 is 6.41. The van der Waals surface area contributed by atoms with E-state index in [2.05, 4.69) is 22.5 Å². The molecule has 9 heteroatoms. The van der Waals surface area contributed by atoms with Gasteiger partial charge in [0.1, 0.15) is 23.5 Å². The van der Waals surface area contributed by atoms with Gasteiger partial charge in [0.05, 0.1) is 17.4 Å². The van der Waals surface area contributed by atoms with Crippen molar-refractivity contribution in [3.63, 3.8) is 0 Å². The van der Waals surface area contributed by atoms with Gasteiger partial charge in [0.25, 0.3) is 11.5 Å². The summed E-state index contributed by atoms with van der Waals surface area (Å²) in [6.45, 7) is 7.50. The Morgan fingerprint density at radius 1 is 1.39 bits per heavy atom. The lowest BCUT2D eigenvalue weighted by molar-refractivity contribution is -0.153. The van der Waals surface area contributed by atoms with E-state index in [1.807, 2.05) is 6.08 Å². The van der Waals surface area contributed by atoms with Crippen LogP contribution in [0.2, 0.25) is 0 Å². The van der Waals surface area contributed by atoms with E-state index >= 15 is 0 Å². The summed E-state index contributed by atoms with van der Waals surface area (Å²) >= 11 is 0. The zero-order valence-corrected chi connectivity index (χ0v) is 18.4. The van der Waals surface area contributed by atoms with E-state index < -0.39 is 40.9 Å². The molecular formula is C22H28N4O5. The molecule has 1 unspecified atom stereocenters. The molecule has 1 amide bonds. The molecule has 0 spiro atoms. The van der Waals surface area contributed by atoms with Crippen LogP contribution < -0.4 is 16.2 Å². The van der Waals surface area contributed by atoms with Crippen molar-refractivity contribution < 1.29 is 19.4 Å². The van der Waals surface area contributed by atoms with Crippen LogP contribution >= 0.6 is 0 Å². The summed E-state index contributed by atoms with van der Waals surface area (Å²) in [7, 11) is 1.50. The third kappa shape index (κ3) is 4.93. The number of amides is 1. The molecule has 1 aliphatic rings. The highest BCUT2D eigenvalue weighted by Gasteiger charge is 2.24. The Morgan fingerprint density at radius 3 is 2.74 bits per heavy atom. The van der Waals surface area contributed by atoms with Crippen LogP contribution in [0.15, 0.2) is 23.1 Å². The fraction of sp³-hybridized carbons (Fsp3) is 0.455. The zero-order valence-electron chi connectivity index (χ0n) is 18.4. The minimum atomic E-state index is -0.848. The molecule has 3 heterocycles. The van der Waals surface area contributed by atoms with Gasteiger partial charge in [-0.05, 0) is 45.8 Å². The predicted molar refractivity (Wildman–Crippen MR) is 117 cm³/mol. The number of nitrogens with zero attached hydrogens (tertiary/aromatic N) is 2. The van der Waals surface area contributed by atoms with E-state index in [1.165, 1.54) is 17.8 Å². The van der Waals surface area contributed by atoms with Crippen molar-refractivity contribution in [3.05, 3.63) is 40.0 Å². The van der Waals surface area contributed by atoms with Gasteiger partial charge in [0, 0.05) is 25.0 Å². The second kappa shape index (κ2) is 8.50. The van der Waals surface area contributed by atoms with Gasteiger partial charge in [0.15, 0.2) is 0 Å². The van der Waals surface area contributed by atoms with Crippen molar-refractivity contribution in [2.24, 2.45) is 7.05 Å². The van der Waals surface area contributed by atoms with Crippen molar-refractivity contribution in [1.29, 1.82) is 0 Å². The first kappa shape index (κ1) is 22.5. The Morgan fingerprint density at radius 2 is 2.10 bits per heavy atom. The minimum Gasteiger partial charge on any atom is -0.506 e. The van der Waals surface area contributed by atoms with Gasteiger partial charge in [-0.15, -0.1) is 0 Å². The largest absolute Gasteiger partial charge is 0.506 e. The number of pyridine rings is 2. The van der Waals surface area contributed by atoms with Crippen LogP contribution in [-0.2, 0) is 16.6 Å². The van der Waals surface area contributed by atoms with E-state index in [1.54, 1.807) is 26.8 Å². The number of hydrogen-bond donors (Lipinski definition) is 3. The van der Waals surface area contributed by atoms with Crippen molar-refractivity contribution in [1.82, 2.24) is 20.2 Å². The fourth-order valence-corrected chi connectivity index (χ4v) is 3.49. The van der Waals surface area contributed by atoms with Gasteiger partial charge in [-0.1, -0.05) is 6.08 Å². The lowest BCUT2D eigenvalue weighted by atomic mass is 9.98. The van der Waals surface area contributed by atoms with Crippen LogP contribution in [0.4, 0.5) is 0 Å². The molecule has 0 saturated heterocycles. The van der Waals surface area contributed by atoms with E-state index in [0.717, 1.165) is 12.0 Å². The van der Waals surface area contributed by atoms with Crippen LogP contribution in [-0.4, -0.2) is 51.3 Å². The summed E-state index contributed by atoms with van der Waals surface area (Å²) in [5, 5.41) is 16.8. The van der Waals surface area contributed by atoms with Crippen molar-refractivity contribution in [2.45, 2.75) is 45.8 Å². The van der Waals surface area contributed by atoms with Crippen LogP contribution in [0, 0.1) is 0 Å². The van der Waals surface area contributed by atoms with Gasteiger partial charge in [-0.25, -0.2) is 0 Å². The van der Waals surface area contributed by atoms with Crippen molar-refractivity contribution >= 4 is 28.4 Å². The minimum absolute atomic E-state index is 0.292. The molecule has 0 saturated carbocycles. The number of rotatable bonds is 4. The molecule has 0 fully saturated rings. The molecule has 3 N–H and O–H groups in total. The van der Waals surface area contributed by atoms with E-state index in [9.17, 15) is 19.5 Å². The Kier molecular flexibility index (Phi) is 6.17. The maximum Gasteiger partial charge on any atom is 0.325 e. The number of fused-ring (bicyclic) bond motifs is 1. The maximum absolute atomic E-state index is 12.7. The predicted octanol–water partition coefficient (Wildman–Crippen LogP) is 1.48. The molecule has 31 heavy (non-hydrogen) atoms. The molecule has 3 rings (SSSR count). The smallest absolute Gasteiger partial charge is 0.325 e. The van der Waals surface area contributed by atoms with E-state index in [-0.39, 0.29) is 0 Å². The lowest BCUT2D eigenvalue weighted by Gasteiger charge is -2.21. The number of esters is 1. The SMILES string of the molecule is CC1CC(c2cc3c(O)c(C(=O)NCC(=O)OC(C)(C)C)c(=O)n(C)c3cn2)=CCN1. The molecule has 2 aromatic heterocycles. The number of aryl methyl sites for hydroxylation is 1. The number of aromatic nitrogens is 2. The summed E-state index contributed by atoms with van der Waals surface area (Å²) in [5.74, 6) is -1.93. The monoisotopic (exact) mass is 428 g/mol. The molecule has 1 atom stereocenters. The van der Waals surface area contributed by atoms with Crippen LogP contribution in [0.5, 0.6) is 5.75 Å². The Hall–Kier alpha value is -3.20. The lowest BCUT2D eigenvalue weighted by Crippen LogP contribution is -2.37. The summed E-state index contributed by atoms with van der Waals surface area (Å²) in [5.41, 5.74) is 0.289. The van der Waals surface area contributed by atoms with E-state index in [4.69, 9.17) is 4.74 Å². The molecule has 0 aliphatic carbocycles. The van der Waals surface area contributed by atoms with Crippen molar-refractivity contribution in [3.8, 4) is 5.75 Å². The second-order valence-electron chi connectivity index (χ2n) is 8.69. The van der Waals surface area contributed by atoms with Gasteiger partial charge < -0.3 is 25.0 Å². The van der Waals surface area contributed by atoms with Gasteiger partial charge in [-0.2, -0.15) is 0 Å². The molecule has 0 bridgehead atoms. The zero-order chi connectivity index (χ0) is 22.9. The molecular weight excluding hydrogens is 400 g/mol. The van der Waals surface area contributed by atoms with E-state index in [0.29, 0.717) is 29.2 Å². The summed E-state index contributed by atoms with van der Waals surface area (Å²) in [6.07, 6.45) is 4.32. The quantitative estimate of drug-likeness (QED) is 0.631. The highest BCUT2D eigenvalue weighted by atomic mass is 16.6. The standard InChI is InChI=1S/C22H28N4O5/c1-12-8-13(6-7-23-12)15-9-14-16(10-24-15)26(5)21(30)18(19(14)28)20(29)25-11-17(27)31-22(2,3)4/h6,9-10,12,23,28H,7-8,11H2,1-5H3,(H,25,29). The first-order valence-electron chi connectivity index (χ1n) is 10.1. The first-order valence-corrected chi connectivity index (χ1v) is 10.1. The van der Waals surface area contributed by atoms with Crippen molar-refractivity contribution in [2.75, 3.05) is 13.1 Å². The summed E-state index contributed by atoms with van der Waals surface area (Å²) in [4.78, 5) is 41.7. The number of aromatic hydroxyl groups is 1. The summed E-state index contributed by atoms with van der Waals surface area (Å²) in [6, 6.07) is 1.97. The first-order chi connectivity index (χ1) is 14.5. The molecule has 0 aromatic carbocycles. The Labute approximate surface area is 180 Å². The van der Waals surface area contributed by atoms with Gasteiger partial charge in [0.2, 0.25) is 0 Å². The van der Waals surface area contributed by atoms with Crippen LogP contribution in [0.1, 0.15) is 50.2 Å². The van der Waals surface area contributed by atoms with Crippen LogP contribution in [0.3, 0.4) is 0 Å². The normalized spacial score (nSPS) is 16.7. The number of nitrogens with one attached hydrogen (secondary N) is 2. The highest BCUT2D eigenvalue weighted by Crippen LogP contribution is 2.29. The Balaban J connectivity index is 1.96. The number of hydrogen-bond acceptors (Lipinski definition) is 7. The number of ether oxygens (including phenoxy) is 1. The average molecular weight is 428 g/mol. The third-order valence-corrected chi connectivity index (χ3v) is 4.96. The number of carbonyl (C=O) groups excluding carboxylic acids is 2. The molecule has 0 radical (unpaired) electrons. The fourth-order valence-electron chi connectivity index (χ4n) is 3.49. The average Bonchev–Trinajstić information content (AvgIpc) is 2.69. The maximum atomic E-state index is 12.7. The van der Waals surface area contributed by atoms with Gasteiger partial charge >= 0.3 is 5.97 Å². The highest BCUT2D eigenvalue weighted by molar-refractivity contribution is 6.03. The Bertz CT molecular complexity index is 1130. The van der Waals surface area contributed by atoms with Gasteiger partial charge in [-0.3, -0.25) is 19.4 Å². The number of carbonyl (C=O) groups is 2. The molecule has 9 nitrogen and oxygen atoms in total. The molecule has 166 valence electrons.